The molecule has 1 fully saturated rings. The van der Waals surface area contributed by atoms with Gasteiger partial charge in [0.25, 0.3) is 0 Å². The van der Waals surface area contributed by atoms with Crippen LogP contribution in [0.3, 0.4) is 0 Å². The smallest absolute Gasteiger partial charge is 0.0594 e. The molecule has 1 saturated heterocycles. The summed E-state index contributed by atoms with van der Waals surface area (Å²) >= 11 is 0. The van der Waals surface area contributed by atoms with Gasteiger partial charge in [0.15, 0.2) is 0 Å². The van der Waals surface area contributed by atoms with Crippen LogP contribution in [-0.4, -0.2) is 49.8 Å². The van der Waals surface area contributed by atoms with Gasteiger partial charge < -0.3 is 10.1 Å². The van der Waals surface area contributed by atoms with Crippen LogP contribution < -0.4 is 5.32 Å². The van der Waals surface area contributed by atoms with Crippen molar-refractivity contribution in [2.45, 2.75) is 45.7 Å². The maximum Gasteiger partial charge on any atom is 0.0594 e. The molecule has 1 aliphatic heterocycles. The predicted octanol–water partition coefficient (Wildman–Crippen LogP) is 1.73. The van der Waals surface area contributed by atoms with Crippen LogP contribution in [0.4, 0.5) is 0 Å². The molecule has 3 nitrogen and oxygen atoms in total. The lowest BCUT2D eigenvalue weighted by atomic mass is 9.86. The van der Waals surface area contributed by atoms with Crippen LogP contribution in [0.1, 0.15) is 34.1 Å². The topological polar surface area (TPSA) is 24.5 Å². The van der Waals surface area contributed by atoms with Gasteiger partial charge in [-0.2, -0.15) is 0 Å². The first kappa shape index (κ1) is 13.9. The van der Waals surface area contributed by atoms with E-state index in [1.165, 1.54) is 6.42 Å². The highest BCUT2D eigenvalue weighted by molar-refractivity contribution is 4.94. The number of ether oxygens (including phenoxy) is 1. The summed E-state index contributed by atoms with van der Waals surface area (Å²) in [5, 5.41) is 3.49. The number of rotatable bonds is 5. The first-order valence-corrected chi connectivity index (χ1v) is 6.48. The molecule has 0 aliphatic carbocycles. The summed E-state index contributed by atoms with van der Waals surface area (Å²) in [5.74, 6) is 0.734. The monoisotopic (exact) mass is 228 g/mol. The fourth-order valence-corrected chi connectivity index (χ4v) is 2.59. The molecule has 1 atom stereocenters. The van der Waals surface area contributed by atoms with Crippen LogP contribution in [0.25, 0.3) is 0 Å². The molecule has 1 N–H and O–H groups in total. The second-order valence-corrected chi connectivity index (χ2v) is 5.72. The maximum absolute atomic E-state index is 5.43. The highest BCUT2D eigenvalue weighted by Crippen LogP contribution is 2.24. The molecule has 0 aromatic rings. The van der Waals surface area contributed by atoms with E-state index in [0.717, 1.165) is 32.2 Å². The minimum Gasteiger partial charge on any atom is -0.379 e. The van der Waals surface area contributed by atoms with Crippen LogP contribution in [-0.2, 0) is 4.74 Å². The van der Waals surface area contributed by atoms with Gasteiger partial charge >= 0.3 is 0 Å². The van der Waals surface area contributed by atoms with Crippen molar-refractivity contribution in [3.05, 3.63) is 0 Å². The Balaban J connectivity index is 2.63. The Morgan fingerprint density at radius 1 is 1.25 bits per heavy atom. The summed E-state index contributed by atoms with van der Waals surface area (Å²) in [7, 11) is 2.08. The Bertz CT molecular complexity index is 198. The summed E-state index contributed by atoms with van der Waals surface area (Å²) in [6.07, 6.45) is 1.22. The van der Waals surface area contributed by atoms with Gasteiger partial charge in [-0.1, -0.05) is 13.8 Å². The average Bonchev–Trinajstić information content (AvgIpc) is 2.26. The van der Waals surface area contributed by atoms with Crippen molar-refractivity contribution in [2.75, 3.05) is 33.4 Å². The van der Waals surface area contributed by atoms with Crippen LogP contribution in [0.2, 0.25) is 0 Å². The van der Waals surface area contributed by atoms with E-state index in [1.807, 2.05) is 0 Å². The van der Waals surface area contributed by atoms with E-state index >= 15 is 0 Å². The van der Waals surface area contributed by atoms with Crippen LogP contribution >= 0.6 is 0 Å². The minimum atomic E-state index is 0.211. The predicted molar refractivity (Wildman–Crippen MR) is 68.8 cm³/mol. The average molecular weight is 228 g/mol. The number of morpholine rings is 1. The summed E-state index contributed by atoms with van der Waals surface area (Å²) < 4.78 is 5.43. The maximum atomic E-state index is 5.43. The van der Waals surface area contributed by atoms with Gasteiger partial charge in [-0.25, -0.2) is 0 Å². The van der Waals surface area contributed by atoms with E-state index in [9.17, 15) is 0 Å². The molecule has 0 bridgehead atoms. The largest absolute Gasteiger partial charge is 0.379 e. The van der Waals surface area contributed by atoms with Gasteiger partial charge in [-0.05, 0) is 33.2 Å². The van der Waals surface area contributed by atoms with E-state index in [4.69, 9.17) is 4.74 Å². The van der Waals surface area contributed by atoms with E-state index < -0.39 is 0 Å². The van der Waals surface area contributed by atoms with E-state index in [1.54, 1.807) is 0 Å². The molecule has 1 aliphatic rings. The zero-order chi connectivity index (χ0) is 12.2. The summed E-state index contributed by atoms with van der Waals surface area (Å²) in [6, 6.07) is 0.547. The Hall–Kier alpha value is -0.120. The van der Waals surface area contributed by atoms with Crippen LogP contribution in [0, 0.1) is 5.92 Å². The zero-order valence-corrected chi connectivity index (χ0v) is 11.5. The molecule has 0 spiro atoms. The Kier molecular flexibility index (Phi) is 5.22. The third-order valence-electron chi connectivity index (χ3n) is 3.73. The standard InChI is InChI=1S/C13H28N2O/c1-11(2)10-12(14-5)13(3,4)15-6-8-16-9-7-15/h11-12,14H,6-10H2,1-5H3. The second kappa shape index (κ2) is 5.99. The minimum absolute atomic E-state index is 0.211. The Morgan fingerprint density at radius 3 is 2.25 bits per heavy atom. The second-order valence-electron chi connectivity index (χ2n) is 5.72. The number of hydrogen-bond donors (Lipinski definition) is 1. The zero-order valence-electron chi connectivity index (χ0n) is 11.5. The van der Waals surface area contributed by atoms with Crippen molar-refractivity contribution in [3.63, 3.8) is 0 Å². The quantitative estimate of drug-likeness (QED) is 0.775. The van der Waals surface area contributed by atoms with Crippen molar-refractivity contribution in [1.29, 1.82) is 0 Å². The van der Waals surface area contributed by atoms with Crippen LogP contribution in [0.15, 0.2) is 0 Å². The molecule has 0 saturated carbocycles. The lowest BCUT2D eigenvalue weighted by Gasteiger charge is -2.46. The van der Waals surface area contributed by atoms with E-state index in [0.29, 0.717) is 6.04 Å². The first-order chi connectivity index (χ1) is 7.48. The molecular weight excluding hydrogens is 200 g/mol. The summed E-state index contributed by atoms with van der Waals surface area (Å²) in [6.45, 7) is 13.2. The van der Waals surface area contributed by atoms with Crippen LogP contribution in [0.5, 0.6) is 0 Å². The molecule has 0 aromatic heterocycles. The van der Waals surface area contributed by atoms with Gasteiger partial charge in [0.2, 0.25) is 0 Å². The van der Waals surface area contributed by atoms with Crippen molar-refractivity contribution in [1.82, 2.24) is 10.2 Å². The Morgan fingerprint density at radius 2 is 1.81 bits per heavy atom. The lowest BCUT2D eigenvalue weighted by Crippen LogP contribution is -2.60. The third kappa shape index (κ3) is 3.44. The highest BCUT2D eigenvalue weighted by Gasteiger charge is 2.35. The van der Waals surface area contributed by atoms with E-state index in [2.05, 4.69) is 45.0 Å². The molecule has 0 aromatic carbocycles. The fourth-order valence-electron chi connectivity index (χ4n) is 2.59. The van der Waals surface area contributed by atoms with Crippen molar-refractivity contribution in [3.8, 4) is 0 Å². The molecule has 16 heavy (non-hydrogen) atoms. The molecule has 0 amide bonds. The first-order valence-electron chi connectivity index (χ1n) is 6.48. The molecule has 96 valence electrons. The summed E-state index contributed by atoms with van der Waals surface area (Å²) in [4.78, 5) is 2.56. The highest BCUT2D eigenvalue weighted by atomic mass is 16.5. The SMILES string of the molecule is CNC(CC(C)C)C(C)(C)N1CCOCC1. The Labute approximate surface area is 101 Å². The number of hydrogen-bond acceptors (Lipinski definition) is 3. The number of nitrogens with one attached hydrogen (secondary N) is 1. The van der Waals surface area contributed by atoms with Crippen molar-refractivity contribution in [2.24, 2.45) is 5.92 Å². The molecule has 1 rings (SSSR count). The van der Waals surface area contributed by atoms with E-state index in [-0.39, 0.29) is 5.54 Å². The fraction of sp³-hybridized carbons (Fsp3) is 1.00. The molecule has 3 heteroatoms. The summed E-state index contributed by atoms with van der Waals surface area (Å²) in [5.41, 5.74) is 0.211. The lowest BCUT2D eigenvalue weighted by molar-refractivity contribution is -0.0248. The van der Waals surface area contributed by atoms with Gasteiger partial charge in [0, 0.05) is 24.7 Å². The van der Waals surface area contributed by atoms with Crippen molar-refractivity contribution >= 4 is 0 Å². The number of nitrogens with zero attached hydrogens (tertiary/aromatic N) is 1. The van der Waals surface area contributed by atoms with Gasteiger partial charge in [-0.15, -0.1) is 0 Å². The molecule has 1 heterocycles. The molecule has 1 unspecified atom stereocenters. The van der Waals surface area contributed by atoms with Gasteiger partial charge in [-0.3, -0.25) is 4.90 Å². The van der Waals surface area contributed by atoms with Gasteiger partial charge in [0.05, 0.1) is 13.2 Å². The number of likely N-dealkylation sites (N-methyl/N-ethyl adjacent to an activating group) is 1. The van der Waals surface area contributed by atoms with Gasteiger partial charge in [0.1, 0.15) is 0 Å². The van der Waals surface area contributed by atoms with Crippen molar-refractivity contribution < 1.29 is 4.74 Å². The molecular formula is C13H28N2O. The molecule has 0 radical (unpaired) electrons. The normalized spacial score (nSPS) is 21.4. The third-order valence-corrected chi connectivity index (χ3v) is 3.73.